The maximum absolute atomic E-state index is 12.4. The van der Waals surface area contributed by atoms with Crippen LogP contribution in [0.25, 0.3) is 0 Å². The lowest BCUT2D eigenvalue weighted by Crippen LogP contribution is -2.44. The van der Waals surface area contributed by atoms with E-state index in [0.717, 1.165) is 22.9 Å². The lowest BCUT2D eigenvalue weighted by atomic mass is 10.2. The molecule has 1 saturated carbocycles. The summed E-state index contributed by atoms with van der Waals surface area (Å²) >= 11 is 4.75. The number of aryl methyl sites for hydroxylation is 1. The zero-order chi connectivity index (χ0) is 13.4. The van der Waals surface area contributed by atoms with Crippen molar-refractivity contribution in [2.45, 2.75) is 38.8 Å². The molecule has 98 valence electrons. The molecule has 1 aromatic heterocycles. The van der Waals surface area contributed by atoms with Crippen LogP contribution in [0.4, 0.5) is 0 Å². The first-order valence-electron chi connectivity index (χ1n) is 5.72. The third-order valence-electron chi connectivity index (χ3n) is 3.04. The Labute approximate surface area is 118 Å². The third-order valence-corrected chi connectivity index (χ3v) is 5.41. The van der Waals surface area contributed by atoms with Crippen molar-refractivity contribution in [1.82, 2.24) is 4.90 Å². The Morgan fingerprint density at radius 3 is 2.56 bits per heavy atom. The molecule has 1 N–H and O–H groups in total. The van der Waals surface area contributed by atoms with Crippen LogP contribution in [0.1, 0.15) is 35.0 Å². The highest BCUT2D eigenvalue weighted by Gasteiger charge is 2.39. The van der Waals surface area contributed by atoms with E-state index in [4.69, 9.17) is 5.11 Å². The molecule has 1 heterocycles. The van der Waals surface area contributed by atoms with E-state index in [1.165, 1.54) is 16.2 Å². The van der Waals surface area contributed by atoms with E-state index < -0.39 is 12.0 Å². The summed E-state index contributed by atoms with van der Waals surface area (Å²) < 4.78 is 0.778. The highest BCUT2D eigenvalue weighted by Crippen LogP contribution is 2.34. The standard InChI is InChI=1S/C12H14BrNO3S/c1-6-5-18-10(9(6)13)11(15)14(8-3-4-8)7(2)12(16)17/h5,7-8H,3-4H2,1-2H3,(H,16,17). The van der Waals surface area contributed by atoms with E-state index in [1.807, 2.05) is 12.3 Å². The minimum absolute atomic E-state index is 0.0814. The van der Waals surface area contributed by atoms with Crippen molar-refractivity contribution >= 4 is 39.1 Å². The number of halogens is 1. The molecule has 4 nitrogen and oxygen atoms in total. The predicted octanol–water partition coefficient (Wildman–Crippen LogP) is 2.90. The molecular weight excluding hydrogens is 318 g/mol. The summed E-state index contributed by atoms with van der Waals surface area (Å²) in [5.41, 5.74) is 1.00. The van der Waals surface area contributed by atoms with E-state index >= 15 is 0 Å². The Bertz CT molecular complexity index is 496. The number of hydrogen-bond acceptors (Lipinski definition) is 3. The number of thiophene rings is 1. The van der Waals surface area contributed by atoms with Crippen LogP contribution in [0, 0.1) is 6.92 Å². The zero-order valence-electron chi connectivity index (χ0n) is 10.1. The van der Waals surface area contributed by atoms with E-state index in [9.17, 15) is 9.59 Å². The summed E-state index contributed by atoms with van der Waals surface area (Å²) in [6.07, 6.45) is 1.79. The molecule has 0 aromatic carbocycles. The van der Waals surface area contributed by atoms with Gasteiger partial charge in [-0.15, -0.1) is 11.3 Å². The molecule has 0 spiro atoms. The fraction of sp³-hybridized carbons (Fsp3) is 0.500. The number of carbonyl (C=O) groups is 2. The fourth-order valence-electron chi connectivity index (χ4n) is 1.82. The second-order valence-electron chi connectivity index (χ2n) is 4.52. The number of carboxylic acid groups (broad SMARTS) is 1. The topological polar surface area (TPSA) is 57.6 Å². The van der Waals surface area contributed by atoms with Gasteiger partial charge in [0.1, 0.15) is 10.9 Å². The van der Waals surface area contributed by atoms with Crippen molar-refractivity contribution < 1.29 is 14.7 Å². The highest BCUT2D eigenvalue weighted by molar-refractivity contribution is 9.10. The Hall–Kier alpha value is -0.880. The molecule has 6 heteroatoms. The molecule has 1 aliphatic rings. The smallest absolute Gasteiger partial charge is 0.326 e. The van der Waals surface area contributed by atoms with Gasteiger partial charge in [-0.05, 0) is 53.6 Å². The van der Waals surface area contributed by atoms with Gasteiger partial charge in [-0.1, -0.05) is 0 Å². The largest absolute Gasteiger partial charge is 0.480 e. The van der Waals surface area contributed by atoms with Crippen molar-refractivity contribution in [3.8, 4) is 0 Å². The van der Waals surface area contributed by atoms with Crippen LogP contribution in [-0.2, 0) is 4.79 Å². The Morgan fingerprint density at radius 2 is 2.17 bits per heavy atom. The summed E-state index contributed by atoms with van der Waals surface area (Å²) in [4.78, 5) is 25.6. The monoisotopic (exact) mass is 331 g/mol. The number of hydrogen-bond donors (Lipinski definition) is 1. The van der Waals surface area contributed by atoms with Crippen LogP contribution >= 0.6 is 27.3 Å². The number of carbonyl (C=O) groups excluding carboxylic acids is 1. The molecule has 0 aliphatic heterocycles. The van der Waals surface area contributed by atoms with Crippen LogP contribution in [0.15, 0.2) is 9.85 Å². The third kappa shape index (κ3) is 2.44. The summed E-state index contributed by atoms with van der Waals surface area (Å²) in [7, 11) is 0. The van der Waals surface area contributed by atoms with Crippen LogP contribution in [-0.4, -0.2) is 34.0 Å². The van der Waals surface area contributed by atoms with Gasteiger partial charge in [0.2, 0.25) is 0 Å². The summed E-state index contributed by atoms with van der Waals surface area (Å²) in [5.74, 6) is -1.14. The minimum Gasteiger partial charge on any atom is -0.480 e. The molecule has 18 heavy (non-hydrogen) atoms. The van der Waals surface area contributed by atoms with E-state index in [-0.39, 0.29) is 11.9 Å². The molecule has 1 atom stereocenters. The second kappa shape index (κ2) is 5.01. The first-order chi connectivity index (χ1) is 8.43. The van der Waals surface area contributed by atoms with Crippen molar-refractivity contribution in [3.05, 3.63) is 20.3 Å². The molecule has 0 radical (unpaired) electrons. The number of amides is 1. The van der Waals surface area contributed by atoms with Gasteiger partial charge >= 0.3 is 5.97 Å². The van der Waals surface area contributed by atoms with Gasteiger partial charge in [0.05, 0.1) is 0 Å². The maximum Gasteiger partial charge on any atom is 0.326 e. The lowest BCUT2D eigenvalue weighted by molar-refractivity contribution is -0.141. The van der Waals surface area contributed by atoms with Crippen LogP contribution in [0.3, 0.4) is 0 Å². The summed E-state index contributed by atoms with van der Waals surface area (Å²) in [6.45, 7) is 3.48. The quantitative estimate of drug-likeness (QED) is 0.922. The first-order valence-corrected chi connectivity index (χ1v) is 7.39. The van der Waals surface area contributed by atoms with Crippen molar-refractivity contribution in [2.24, 2.45) is 0 Å². The van der Waals surface area contributed by atoms with Crippen molar-refractivity contribution in [3.63, 3.8) is 0 Å². The van der Waals surface area contributed by atoms with E-state index in [1.54, 1.807) is 6.92 Å². The molecule has 1 amide bonds. The number of carboxylic acids is 1. The molecular formula is C12H14BrNO3S. The average molecular weight is 332 g/mol. The van der Waals surface area contributed by atoms with Gasteiger partial charge in [-0.25, -0.2) is 4.79 Å². The first kappa shape index (κ1) is 13.5. The van der Waals surface area contributed by atoms with E-state index in [2.05, 4.69) is 15.9 Å². The van der Waals surface area contributed by atoms with Gasteiger partial charge in [0.25, 0.3) is 5.91 Å². The molecule has 1 aromatic rings. The summed E-state index contributed by atoms with van der Waals surface area (Å²) in [6, 6.07) is -0.697. The molecule has 1 unspecified atom stereocenters. The highest BCUT2D eigenvalue weighted by atomic mass is 79.9. The van der Waals surface area contributed by atoms with Crippen molar-refractivity contribution in [2.75, 3.05) is 0 Å². The maximum atomic E-state index is 12.4. The molecule has 0 bridgehead atoms. The summed E-state index contributed by atoms with van der Waals surface area (Å²) in [5, 5.41) is 11.0. The Kier molecular flexibility index (Phi) is 3.77. The number of nitrogens with zero attached hydrogens (tertiary/aromatic N) is 1. The minimum atomic E-state index is -0.959. The van der Waals surface area contributed by atoms with Crippen LogP contribution in [0.5, 0.6) is 0 Å². The average Bonchev–Trinajstić information content (AvgIpc) is 3.07. The second-order valence-corrected chi connectivity index (χ2v) is 6.19. The molecule has 0 saturated heterocycles. The van der Waals surface area contributed by atoms with Gasteiger partial charge in [0, 0.05) is 10.5 Å². The van der Waals surface area contributed by atoms with Gasteiger partial charge in [0.15, 0.2) is 0 Å². The van der Waals surface area contributed by atoms with Gasteiger partial charge in [-0.3, -0.25) is 4.79 Å². The van der Waals surface area contributed by atoms with Crippen molar-refractivity contribution in [1.29, 1.82) is 0 Å². The molecule has 1 fully saturated rings. The SMILES string of the molecule is Cc1csc(C(=O)N(C2CC2)C(C)C(=O)O)c1Br. The van der Waals surface area contributed by atoms with Gasteiger partial charge in [-0.2, -0.15) is 0 Å². The molecule has 1 aliphatic carbocycles. The number of aliphatic carboxylic acids is 1. The van der Waals surface area contributed by atoms with Crippen LogP contribution in [0.2, 0.25) is 0 Å². The van der Waals surface area contributed by atoms with Gasteiger partial charge < -0.3 is 10.0 Å². The lowest BCUT2D eigenvalue weighted by Gasteiger charge is -2.26. The zero-order valence-corrected chi connectivity index (χ0v) is 12.5. The fourth-order valence-corrected chi connectivity index (χ4v) is 3.42. The number of rotatable bonds is 4. The Morgan fingerprint density at radius 1 is 1.56 bits per heavy atom. The van der Waals surface area contributed by atoms with Crippen LogP contribution < -0.4 is 0 Å². The molecule has 2 rings (SSSR count). The normalized spacial score (nSPS) is 16.4. The Balaban J connectivity index is 2.29. The predicted molar refractivity (Wildman–Crippen MR) is 73.0 cm³/mol. The van der Waals surface area contributed by atoms with E-state index in [0.29, 0.717) is 4.88 Å².